The monoisotopic (exact) mass is 283 g/mol. The summed E-state index contributed by atoms with van der Waals surface area (Å²) in [5.41, 5.74) is 5.88. The zero-order chi connectivity index (χ0) is 15.2. The molecule has 0 aromatic carbocycles. The summed E-state index contributed by atoms with van der Waals surface area (Å²) in [6, 6.07) is 0. The topological polar surface area (TPSA) is 49.6 Å². The molecule has 118 valence electrons. The highest BCUT2D eigenvalue weighted by Crippen LogP contribution is 2.20. The minimum Gasteiger partial charge on any atom is -0.340 e. The van der Waals surface area contributed by atoms with Crippen LogP contribution >= 0.6 is 0 Å². The molecule has 2 N–H and O–H groups in total. The van der Waals surface area contributed by atoms with Crippen LogP contribution in [0.15, 0.2) is 0 Å². The molecule has 1 rings (SSSR count). The maximum absolute atomic E-state index is 12.5. The van der Waals surface area contributed by atoms with E-state index in [2.05, 4.69) is 37.5 Å². The van der Waals surface area contributed by atoms with E-state index < -0.39 is 0 Å². The fraction of sp³-hybridized carbons (Fsp3) is 0.938. The van der Waals surface area contributed by atoms with Crippen molar-refractivity contribution in [1.82, 2.24) is 9.80 Å². The molecule has 0 saturated carbocycles. The Morgan fingerprint density at radius 3 is 2.25 bits per heavy atom. The van der Waals surface area contributed by atoms with Crippen LogP contribution in [0.2, 0.25) is 0 Å². The van der Waals surface area contributed by atoms with Crippen molar-refractivity contribution in [2.75, 3.05) is 32.7 Å². The number of nitrogens with two attached hydrogens (primary N) is 1. The van der Waals surface area contributed by atoms with E-state index in [4.69, 9.17) is 5.73 Å². The van der Waals surface area contributed by atoms with Gasteiger partial charge in [-0.05, 0) is 26.7 Å². The second-order valence-electron chi connectivity index (χ2n) is 6.58. The van der Waals surface area contributed by atoms with E-state index in [1.807, 2.05) is 0 Å². The van der Waals surface area contributed by atoms with Crippen molar-refractivity contribution < 1.29 is 4.79 Å². The second kappa shape index (κ2) is 7.99. The first-order chi connectivity index (χ1) is 9.46. The fourth-order valence-electron chi connectivity index (χ4n) is 2.87. The van der Waals surface area contributed by atoms with Crippen LogP contribution in [0.25, 0.3) is 0 Å². The molecule has 4 nitrogen and oxygen atoms in total. The zero-order valence-electron chi connectivity index (χ0n) is 13.8. The molecule has 1 saturated heterocycles. The van der Waals surface area contributed by atoms with Crippen molar-refractivity contribution in [3.05, 3.63) is 0 Å². The van der Waals surface area contributed by atoms with E-state index >= 15 is 0 Å². The quantitative estimate of drug-likeness (QED) is 0.778. The van der Waals surface area contributed by atoms with Gasteiger partial charge >= 0.3 is 0 Å². The molecule has 1 amide bonds. The van der Waals surface area contributed by atoms with Gasteiger partial charge in [0.2, 0.25) is 5.91 Å². The van der Waals surface area contributed by atoms with E-state index in [1.54, 1.807) is 0 Å². The Morgan fingerprint density at radius 1 is 1.20 bits per heavy atom. The summed E-state index contributed by atoms with van der Waals surface area (Å²) in [4.78, 5) is 17.0. The van der Waals surface area contributed by atoms with Gasteiger partial charge in [-0.15, -0.1) is 0 Å². The molecule has 1 fully saturated rings. The Morgan fingerprint density at radius 2 is 1.80 bits per heavy atom. The first-order valence-corrected chi connectivity index (χ1v) is 8.20. The molecule has 1 unspecified atom stereocenters. The lowest BCUT2D eigenvalue weighted by atomic mass is 9.97. The molecule has 0 aromatic rings. The van der Waals surface area contributed by atoms with Crippen LogP contribution in [0.4, 0.5) is 0 Å². The van der Waals surface area contributed by atoms with Gasteiger partial charge in [-0.3, -0.25) is 9.69 Å². The van der Waals surface area contributed by atoms with Crippen LogP contribution in [0, 0.1) is 5.92 Å². The average Bonchev–Trinajstić information content (AvgIpc) is 2.48. The second-order valence-corrected chi connectivity index (χ2v) is 6.58. The molecule has 1 heterocycles. The Hall–Kier alpha value is -0.610. The van der Waals surface area contributed by atoms with Gasteiger partial charge in [-0.1, -0.05) is 26.7 Å². The Kier molecular flexibility index (Phi) is 6.96. The minimum absolute atomic E-state index is 0.0432. The SMILES string of the molecule is CCCCC(CC)C(=O)N1CCN(C(C)(C)CN)CC1. The molecular formula is C16H33N3O. The Balaban J connectivity index is 2.49. The largest absolute Gasteiger partial charge is 0.340 e. The molecule has 20 heavy (non-hydrogen) atoms. The smallest absolute Gasteiger partial charge is 0.225 e. The van der Waals surface area contributed by atoms with Gasteiger partial charge in [0.05, 0.1) is 0 Å². The van der Waals surface area contributed by atoms with E-state index in [-0.39, 0.29) is 11.5 Å². The fourth-order valence-corrected chi connectivity index (χ4v) is 2.87. The van der Waals surface area contributed by atoms with Gasteiger partial charge in [0.1, 0.15) is 0 Å². The number of unbranched alkanes of at least 4 members (excludes halogenated alkanes) is 1. The number of carbonyl (C=O) groups excluding carboxylic acids is 1. The average molecular weight is 283 g/mol. The third kappa shape index (κ3) is 4.45. The van der Waals surface area contributed by atoms with Crippen LogP contribution in [-0.2, 0) is 4.79 Å². The van der Waals surface area contributed by atoms with Gasteiger partial charge in [0.25, 0.3) is 0 Å². The van der Waals surface area contributed by atoms with Crippen LogP contribution in [0.1, 0.15) is 53.4 Å². The summed E-state index contributed by atoms with van der Waals surface area (Å²) in [6.07, 6.45) is 4.33. The number of piperazine rings is 1. The first-order valence-electron chi connectivity index (χ1n) is 8.20. The van der Waals surface area contributed by atoms with E-state index in [1.165, 1.54) is 6.42 Å². The highest BCUT2D eigenvalue weighted by Gasteiger charge is 2.31. The van der Waals surface area contributed by atoms with Gasteiger partial charge in [0, 0.05) is 44.2 Å². The Bertz CT molecular complexity index is 296. The van der Waals surface area contributed by atoms with Crippen LogP contribution < -0.4 is 5.73 Å². The lowest BCUT2D eigenvalue weighted by Gasteiger charge is -2.44. The van der Waals surface area contributed by atoms with Crippen molar-refractivity contribution in [2.24, 2.45) is 11.7 Å². The van der Waals surface area contributed by atoms with Crippen molar-refractivity contribution in [1.29, 1.82) is 0 Å². The lowest BCUT2D eigenvalue weighted by molar-refractivity contribution is -0.138. The number of hydrogen-bond acceptors (Lipinski definition) is 3. The van der Waals surface area contributed by atoms with Gasteiger partial charge in [-0.25, -0.2) is 0 Å². The summed E-state index contributed by atoms with van der Waals surface area (Å²) >= 11 is 0. The highest BCUT2D eigenvalue weighted by atomic mass is 16.2. The van der Waals surface area contributed by atoms with E-state index in [0.29, 0.717) is 12.5 Å². The standard InChI is InChI=1S/C16H33N3O/c1-5-7-8-14(6-2)15(20)18-9-11-19(12-10-18)16(3,4)13-17/h14H,5-13,17H2,1-4H3. The van der Waals surface area contributed by atoms with Gasteiger partial charge in [0.15, 0.2) is 0 Å². The maximum Gasteiger partial charge on any atom is 0.225 e. The maximum atomic E-state index is 12.5. The Labute approximate surface area is 124 Å². The molecule has 4 heteroatoms. The highest BCUT2D eigenvalue weighted by molar-refractivity contribution is 5.78. The molecule has 1 aliphatic rings. The van der Waals surface area contributed by atoms with Gasteiger partial charge in [-0.2, -0.15) is 0 Å². The molecule has 0 aliphatic carbocycles. The number of hydrogen-bond donors (Lipinski definition) is 1. The van der Waals surface area contributed by atoms with Crippen molar-refractivity contribution in [2.45, 2.75) is 58.9 Å². The molecule has 0 spiro atoms. The summed E-state index contributed by atoms with van der Waals surface area (Å²) in [5.74, 6) is 0.593. The number of carbonyl (C=O) groups is 1. The molecular weight excluding hydrogens is 250 g/mol. The predicted molar refractivity (Wildman–Crippen MR) is 84.6 cm³/mol. The van der Waals surface area contributed by atoms with Crippen molar-refractivity contribution in [3.8, 4) is 0 Å². The molecule has 0 aromatic heterocycles. The van der Waals surface area contributed by atoms with Crippen molar-refractivity contribution in [3.63, 3.8) is 0 Å². The van der Waals surface area contributed by atoms with Gasteiger partial charge < -0.3 is 10.6 Å². The molecule has 1 aliphatic heterocycles. The van der Waals surface area contributed by atoms with E-state index in [0.717, 1.165) is 45.4 Å². The zero-order valence-corrected chi connectivity index (χ0v) is 13.8. The van der Waals surface area contributed by atoms with Crippen LogP contribution in [-0.4, -0.2) is 54.0 Å². The van der Waals surface area contributed by atoms with Crippen LogP contribution in [0.5, 0.6) is 0 Å². The molecule has 1 atom stereocenters. The summed E-state index contributed by atoms with van der Waals surface area (Å²) in [6.45, 7) is 12.9. The van der Waals surface area contributed by atoms with Crippen molar-refractivity contribution >= 4 is 5.91 Å². The minimum atomic E-state index is 0.0432. The summed E-state index contributed by atoms with van der Waals surface area (Å²) in [7, 11) is 0. The predicted octanol–water partition coefficient (Wildman–Crippen LogP) is 2.08. The van der Waals surface area contributed by atoms with E-state index in [9.17, 15) is 4.79 Å². The summed E-state index contributed by atoms with van der Waals surface area (Å²) < 4.78 is 0. The molecule has 0 bridgehead atoms. The number of rotatable bonds is 7. The van der Waals surface area contributed by atoms with Crippen LogP contribution in [0.3, 0.4) is 0 Å². The molecule has 0 radical (unpaired) electrons. The third-order valence-corrected chi connectivity index (χ3v) is 4.70. The summed E-state index contributed by atoms with van der Waals surface area (Å²) in [5, 5.41) is 0. The number of amides is 1. The first kappa shape index (κ1) is 17.4. The lowest BCUT2D eigenvalue weighted by Crippen LogP contribution is -2.58. The third-order valence-electron chi connectivity index (χ3n) is 4.70. The normalized spacial score (nSPS) is 19.1. The number of nitrogens with zero attached hydrogens (tertiary/aromatic N) is 2.